The van der Waals surface area contributed by atoms with Gasteiger partial charge in [-0.25, -0.2) is 4.79 Å². The lowest BCUT2D eigenvalue weighted by atomic mass is 9.98. The van der Waals surface area contributed by atoms with Gasteiger partial charge in [-0.05, 0) is 19.3 Å². The molecule has 9 heteroatoms. The first-order valence-electron chi connectivity index (χ1n) is 9.96. The van der Waals surface area contributed by atoms with Crippen LogP contribution in [-0.2, 0) is 9.59 Å². The zero-order chi connectivity index (χ0) is 18.1. The molecule has 8 nitrogen and oxygen atoms in total. The van der Waals surface area contributed by atoms with Crippen LogP contribution in [-0.4, -0.2) is 89.9 Å². The second kappa shape index (κ2) is 8.32. The molecule has 1 atom stereocenters. The maximum atomic E-state index is 12.6. The van der Waals surface area contributed by atoms with Crippen molar-refractivity contribution in [2.45, 2.75) is 50.1 Å². The van der Waals surface area contributed by atoms with Gasteiger partial charge in [-0.2, -0.15) is 0 Å². The topological polar surface area (TPSA) is 85.0 Å². The maximum Gasteiger partial charge on any atom is 0.325 e. The van der Waals surface area contributed by atoms with Crippen molar-refractivity contribution in [1.82, 2.24) is 25.3 Å². The molecule has 0 aromatic heterocycles. The van der Waals surface area contributed by atoms with Gasteiger partial charge < -0.3 is 15.5 Å². The molecule has 0 aromatic rings. The van der Waals surface area contributed by atoms with Crippen LogP contribution < -0.4 is 10.6 Å². The Labute approximate surface area is 166 Å². The van der Waals surface area contributed by atoms with E-state index in [1.807, 2.05) is 4.90 Å². The van der Waals surface area contributed by atoms with E-state index >= 15 is 0 Å². The summed E-state index contributed by atoms with van der Waals surface area (Å²) in [5.74, 6) is -0.0801. The number of halogens is 1. The molecule has 4 amide bonds. The van der Waals surface area contributed by atoms with E-state index in [1.165, 1.54) is 4.90 Å². The Morgan fingerprint density at radius 2 is 1.81 bits per heavy atom. The third-order valence-corrected chi connectivity index (χ3v) is 6.44. The molecule has 3 heterocycles. The van der Waals surface area contributed by atoms with E-state index in [2.05, 4.69) is 15.5 Å². The number of carbonyl (C=O) groups excluding carboxylic acids is 3. The third-order valence-electron chi connectivity index (χ3n) is 6.44. The summed E-state index contributed by atoms with van der Waals surface area (Å²) in [7, 11) is 0. The summed E-state index contributed by atoms with van der Waals surface area (Å²) in [6.07, 6.45) is 4.63. The molecule has 2 N–H and O–H groups in total. The molecule has 152 valence electrons. The van der Waals surface area contributed by atoms with E-state index in [0.717, 1.165) is 71.4 Å². The second-order valence-corrected chi connectivity index (χ2v) is 7.99. The van der Waals surface area contributed by atoms with E-state index in [9.17, 15) is 14.4 Å². The highest BCUT2D eigenvalue weighted by molar-refractivity contribution is 6.07. The average molecular weight is 400 g/mol. The first-order chi connectivity index (χ1) is 12.6. The minimum Gasteiger partial charge on any atom is -0.341 e. The lowest BCUT2D eigenvalue weighted by Gasteiger charge is -2.32. The van der Waals surface area contributed by atoms with Gasteiger partial charge in [-0.1, -0.05) is 12.8 Å². The van der Waals surface area contributed by atoms with Crippen molar-refractivity contribution in [2.24, 2.45) is 0 Å². The summed E-state index contributed by atoms with van der Waals surface area (Å²) in [4.78, 5) is 43.0. The zero-order valence-electron chi connectivity index (χ0n) is 15.7. The van der Waals surface area contributed by atoms with Crippen molar-refractivity contribution in [3.63, 3.8) is 0 Å². The number of amides is 4. The largest absolute Gasteiger partial charge is 0.341 e. The Balaban J connectivity index is 0.00000210. The highest BCUT2D eigenvalue weighted by atomic mass is 35.5. The van der Waals surface area contributed by atoms with Gasteiger partial charge in [-0.15, -0.1) is 12.4 Å². The van der Waals surface area contributed by atoms with Crippen molar-refractivity contribution < 1.29 is 14.4 Å². The van der Waals surface area contributed by atoms with Crippen LogP contribution >= 0.6 is 12.4 Å². The van der Waals surface area contributed by atoms with Crippen molar-refractivity contribution >= 4 is 30.3 Å². The lowest BCUT2D eigenvalue weighted by molar-refractivity contribution is -0.133. The van der Waals surface area contributed by atoms with E-state index in [-0.39, 0.29) is 43.2 Å². The van der Waals surface area contributed by atoms with Crippen molar-refractivity contribution in [2.75, 3.05) is 45.8 Å². The second-order valence-electron chi connectivity index (χ2n) is 7.99. The van der Waals surface area contributed by atoms with Crippen molar-refractivity contribution in [3.05, 3.63) is 0 Å². The highest BCUT2D eigenvalue weighted by Gasteiger charge is 2.52. The standard InChI is InChI=1S/C18H29N5O3.ClH/c24-15(22-9-3-14(13-22)21-11-7-19-8-12-21)4-10-23-16(25)18(20-17(23)26)5-1-2-6-18;/h14,19H,1-13H2,(H,20,26);1H. The molecule has 4 rings (SSSR count). The number of piperazine rings is 1. The zero-order valence-corrected chi connectivity index (χ0v) is 16.6. The maximum absolute atomic E-state index is 12.6. The first kappa shape index (κ1) is 20.4. The van der Waals surface area contributed by atoms with E-state index in [1.54, 1.807) is 0 Å². The molecule has 1 aliphatic carbocycles. The quantitative estimate of drug-likeness (QED) is 0.658. The van der Waals surface area contributed by atoms with Crippen LogP contribution in [0.25, 0.3) is 0 Å². The molecule has 3 saturated heterocycles. The Bertz CT molecular complexity index is 590. The average Bonchev–Trinajstić information content (AvgIpc) is 3.36. The van der Waals surface area contributed by atoms with Crippen molar-refractivity contribution in [3.8, 4) is 0 Å². The SMILES string of the molecule is Cl.O=C(CCN1C(=O)NC2(CCCC2)C1=O)N1CCC(N2CCNCC2)C1. The van der Waals surface area contributed by atoms with Crippen LogP contribution in [0.5, 0.6) is 0 Å². The molecule has 3 aliphatic heterocycles. The first-order valence-corrected chi connectivity index (χ1v) is 9.96. The van der Waals surface area contributed by atoms with Gasteiger partial charge in [0.1, 0.15) is 5.54 Å². The number of hydrogen-bond acceptors (Lipinski definition) is 5. The number of nitrogens with zero attached hydrogens (tertiary/aromatic N) is 3. The van der Waals surface area contributed by atoms with Crippen LogP contribution in [0, 0.1) is 0 Å². The fraction of sp³-hybridized carbons (Fsp3) is 0.833. The fourth-order valence-electron chi connectivity index (χ4n) is 4.88. The Hall–Kier alpha value is -1.38. The van der Waals surface area contributed by atoms with Gasteiger partial charge >= 0.3 is 6.03 Å². The van der Waals surface area contributed by atoms with Crippen molar-refractivity contribution in [1.29, 1.82) is 0 Å². The molecule has 0 aromatic carbocycles. The van der Waals surface area contributed by atoms with Gasteiger partial charge in [0.25, 0.3) is 5.91 Å². The van der Waals surface area contributed by atoms with E-state index < -0.39 is 5.54 Å². The normalized spacial score (nSPS) is 27.9. The molecule has 27 heavy (non-hydrogen) atoms. The summed E-state index contributed by atoms with van der Waals surface area (Å²) in [5, 5.41) is 6.23. The lowest BCUT2D eigenvalue weighted by Crippen LogP contribution is -2.49. The fourth-order valence-corrected chi connectivity index (χ4v) is 4.88. The smallest absolute Gasteiger partial charge is 0.325 e. The van der Waals surface area contributed by atoms with Gasteiger partial charge in [0, 0.05) is 58.3 Å². The molecule has 1 saturated carbocycles. The number of hydrogen-bond donors (Lipinski definition) is 2. The molecular formula is C18H30ClN5O3. The number of carbonyl (C=O) groups is 3. The van der Waals surface area contributed by atoms with Crippen LogP contribution in [0.4, 0.5) is 4.79 Å². The van der Waals surface area contributed by atoms with E-state index in [4.69, 9.17) is 0 Å². The summed E-state index contributed by atoms with van der Waals surface area (Å²) >= 11 is 0. The number of urea groups is 1. The summed E-state index contributed by atoms with van der Waals surface area (Å²) in [5.41, 5.74) is -0.679. The molecule has 0 radical (unpaired) electrons. The predicted molar refractivity (Wildman–Crippen MR) is 103 cm³/mol. The molecule has 4 aliphatic rings. The highest BCUT2D eigenvalue weighted by Crippen LogP contribution is 2.35. The molecule has 1 unspecified atom stereocenters. The summed E-state index contributed by atoms with van der Waals surface area (Å²) in [6.45, 7) is 5.84. The van der Waals surface area contributed by atoms with Crippen LogP contribution in [0.2, 0.25) is 0 Å². The minimum atomic E-state index is -0.679. The monoisotopic (exact) mass is 399 g/mol. The number of rotatable bonds is 4. The summed E-state index contributed by atoms with van der Waals surface area (Å²) < 4.78 is 0. The van der Waals surface area contributed by atoms with Crippen LogP contribution in [0.15, 0.2) is 0 Å². The molecule has 0 bridgehead atoms. The number of likely N-dealkylation sites (tertiary alicyclic amines) is 1. The molecular weight excluding hydrogens is 370 g/mol. The van der Waals surface area contributed by atoms with Gasteiger partial charge in [0.2, 0.25) is 5.91 Å². The van der Waals surface area contributed by atoms with Gasteiger partial charge in [0.05, 0.1) is 0 Å². The number of nitrogens with one attached hydrogen (secondary N) is 2. The van der Waals surface area contributed by atoms with Gasteiger partial charge in [0.15, 0.2) is 0 Å². The van der Waals surface area contributed by atoms with Crippen LogP contribution in [0.3, 0.4) is 0 Å². The Morgan fingerprint density at radius 3 is 2.52 bits per heavy atom. The Kier molecular flexibility index (Phi) is 6.28. The molecule has 1 spiro atoms. The predicted octanol–water partition coefficient (Wildman–Crippen LogP) is 0.169. The summed E-state index contributed by atoms with van der Waals surface area (Å²) in [6, 6.07) is 0.115. The van der Waals surface area contributed by atoms with E-state index in [0.29, 0.717) is 6.04 Å². The number of imide groups is 1. The minimum absolute atomic E-state index is 0. The van der Waals surface area contributed by atoms with Gasteiger partial charge in [-0.3, -0.25) is 19.4 Å². The van der Waals surface area contributed by atoms with Crippen LogP contribution in [0.1, 0.15) is 38.5 Å². The molecule has 4 fully saturated rings. The Morgan fingerprint density at radius 1 is 1.11 bits per heavy atom. The third kappa shape index (κ3) is 3.93.